The van der Waals surface area contributed by atoms with E-state index in [1.165, 1.54) is 6.07 Å². The molecule has 126 valence electrons. The number of halogens is 1. The molecule has 3 rings (SSSR count). The van der Waals surface area contributed by atoms with Gasteiger partial charge in [-0.3, -0.25) is 9.78 Å². The molecule has 0 saturated heterocycles. The fourth-order valence-electron chi connectivity index (χ4n) is 3.30. The van der Waals surface area contributed by atoms with Crippen LogP contribution in [0.5, 0.6) is 0 Å². The summed E-state index contributed by atoms with van der Waals surface area (Å²) >= 11 is 0. The molecule has 1 aromatic carbocycles. The van der Waals surface area contributed by atoms with Gasteiger partial charge in [-0.25, -0.2) is 4.39 Å². The van der Waals surface area contributed by atoms with Gasteiger partial charge in [0.05, 0.1) is 5.41 Å². The maximum atomic E-state index is 14.1. The third-order valence-corrected chi connectivity index (χ3v) is 4.97. The van der Waals surface area contributed by atoms with Gasteiger partial charge in [0.1, 0.15) is 5.82 Å². The van der Waals surface area contributed by atoms with Crippen molar-refractivity contribution in [2.45, 2.75) is 38.0 Å². The van der Waals surface area contributed by atoms with Gasteiger partial charge < -0.3 is 5.32 Å². The number of benzene rings is 1. The van der Waals surface area contributed by atoms with Gasteiger partial charge in [0.15, 0.2) is 0 Å². The predicted molar refractivity (Wildman–Crippen MR) is 92.1 cm³/mol. The first-order valence-corrected chi connectivity index (χ1v) is 8.48. The molecule has 3 nitrogen and oxygen atoms in total. The van der Waals surface area contributed by atoms with Crippen molar-refractivity contribution in [2.75, 3.05) is 6.54 Å². The Balaban J connectivity index is 1.72. The zero-order chi connectivity index (χ0) is 17.2. The van der Waals surface area contributed by atoms with Crippen LogP contribution in [-0.4, -0.2) is 17.4 Å². The lowest BCUT2D eigenvalue weighted by Gasteiger charge is -2.23. The van der Waals surface area contributed by atoms with Gasteiger partial charge in [-0.2, -0.15) is 0 Å². The van der Waals surface area contributed by atoms with Crippen LogP contribution in [0.4, 0.5) is 4.39 Å². The summed E-state index contributed by atoms with van der Waals surface area (Å²) in [6.45, 7) is 4.81. The van der Waals surface area contributed by atoms with Crippen LogP contribution in [0.2, 0.25) is 0 Å². The molecule has 1 aliphatic carbocycles. The molecule has 1 saturated carbocycles. The summed E-state index contributed by atoms with van der Waals surface area (Å²) < 4.78 is 14.1. The van der Waals surface area contributed by atoms with Crippen molar-refractivity contribution in [3.05, 3.63) is 65.7 Å². The second kappa shape index (κ2) is 6.71. The van der Waals surface area contributed by atoms with Gasteiger partial charge in [-0.15, -0.1) is 0 Å². The molecule has 1 N–H and O–H groups in total. The van der Waals surface area contributed by atoms with E-state index < -0.39 is 5.41 Å². The highest BCUT2D eigenvalue weighted by Gasteiger charge is 2.52. The van der Waals surface area contributed by atoms with Crippen LogP contribution in [0.25, 0.3) is 0 Å². The van der Waals surface area contributed by atoms with Crippen molar-refractivity contribution in [2.24, 2.45) is 5.92 Å². The van der Waals surface area contributed by atoms with Crippen molar-refractivity contribution in [3.63, 3.8) is 0 Å². The highest BCUT2D eigenvalue weighted by Crippen LogP contribution is 2.49. The predicted octanol–water partition coefficient (Wildman–Crippen LogP) is 3.81. The van der Waals surface area contributed by atoms with E-state index in [-0.39, 0.29) is 17.6 Å². The second-order valence-electron chi connectivity index (χ2n) is 6.91. The highest BCUT2D eigenvalue weighted by molar-refractivity contribution is 5.91. The molecule has 1 fully saturated rings. The Morgan fingerprint density at radius 3 is 2.58 bits per heavy atom. The summed E-state index contributed by atoms with van der Waals surface area (Å²) in [5.74, 6) is 0.206. The Kier molecular flexibility index (Phi) is 4.65. The van der Waals surface area contributed by atoms with Gasteiger partial charge in [0, 0.05) is 30.4 Å². The Labute approximate surface area is 142 Å². The molecule has 1 amide bonds. The SMILES string of the molecule is CC(C)[C@@H](CNC(=O)C1(c2ccccc2F)CC1)c1cccnc1. The Hall–Kier alpha value is -2.23. The Bertz CT molecular complexity index is 711. The lowest BCUT2D eigenvalue weighted by Crippen LogP contribution is -2.38. The molecule has 4 heteroatoms. The molecule has 1 aliphatic rings. The first-order valence-electron chi connectivity index (χ1n) is 8.48. The number of carbonyl (C=O) groups is 1. The minimum atomic E-state index is -0.679. The summed E-state index contributed by atoms with van der Waals surface area (Å²) in [6, 6.07) is 10.5. The number of nitrogens with zero attached hydrogens (tertiary/aromatic N) is 1. The molecule has 1 aromatic heterocycles. The molecule has 2 aromatic rings. The molecule has 1 heterocycles. The maximum absolute atomic E-state index is 14.1. The van der Waals surface area contributed by atoms with Crippen LogP contribution in [-0.2, 0) is 10.2 Å². The quantitative estimate of drug-likeness (QED) is 0.877. The van der Waals surface area contributed by atoms with Gasteiger partial charge in [0.25, 0.3) is 0 Å². The molecule has 0 radical (unpaired) electrons. The van der Waals surface area contributed by atoms with E-state index in [9.17, 15) is 9.18 Å². The second-order valence-corrected chi connectivity index (χ2v) is 6.91. The average Bonchev–Trinajstić information content (AvgIpc) is 3.38. The van der Waals surface area contributed by atoms with Crippen LogP contribution in [0, 0.1) is 11.7 Å². The first-order chi connectivity index (χ1) is 11.5. The topological polar surface area (TPSA) is 42.0 Å². The normalized spacial score (nSPS) is 16.7. The summed E-state index contributed by atoms with van der Waals surface area (Å²) in [7, 11) is 0. The Morgan fingerprint density at radius 2 is 2.00 bits per heavy atom. The zero-order valence-corrected chi connectivity index (χ0v) is 14.1. The van der Waals surface area contributed by atoms with Crippen LogP contribution < -0.4 is 5.32 Å². The van der Waals surface area contributed by atoms with Gasteiger partial charge in [0.2, 0.25) is 5.91 Å². The number of aromatic nitrogens is 1. The molecular weight excluding hydrogens is 303 g/mol. The number of hydrogen-bond donors (Lipinski definition) is 1. The summed E-state index contributed by atoms with van der Waals surface area (Å²) in [5, 5.41) is 3.06. The monoisotopic (exact) mass is 326 g/mol. The molecule has 0 bridgehead atoms. The van der Waals surface area contributed by atoms with E-state index in [4.69, 9.17) is 0 Å². The lowest BCUT2D eigenvalue weighted by atomic mass is 9.88. The number of pyridine rings is 1. The van der Waals surface area contributed by atoms with Gasteiger partial charge in [-0.1, -0.05) is 38.1 Å². The summed E-state index contributed by atoms with van der Waals surface area (Å²) in [4.78, 5) is 16.9. The number of carbonyl (C=O) groups excluding carboxylic acids is 1. The molecule has 0 aliphatic heterocycles. The van der Waals surface area contributed by atoms with Crippen molar-refractivity contribution in [1.82, 2.24) is 10.3 Å². The Morgan fingerprint density at radius 1 is 1.25 bits per heavy atom. The van der Waals surface area contributed by atoms with E-state index in [1.807, 2.05) is 18.3 Å². The smallest absolute Gasteiger partial charge is 0.230 e. The molecule has 0 unspecified atom stereocenters. The van der Waals surface area contributed by atoms with Crippen molar-refractivity contribution >= 4 is 5.91 Å². The van der Waals surface area contributed by atoms with E-state index in [1.54, 1.807) is 24.4 Å². The van der Waals surface area contributed by atoms with Crippen molar-refractivity contribution in [1.29, 1.82) is 0 Å². The standard InChI is InChI=1S/C20H23FN2O/c1-14(2)16(15-6-5-11-22-12-15)13-23-19(24)20(9-10-20)17-7-3-4-8-18(17)21/h3-8,11-12,14,16H,9-10,13H2,1-2H3,(H,23,24)/t16-/m1/s1. The van der Waals surface area contributed by atoms with Crippen molar-refractivity contribution < 1.29 is 9.18 Å². The molecule has 1 atom stereocenters. The fourth-order valence-corrected chi connectivity index (χ4v) is 3.30. The maximum Gasteiger partial charge on any atom is 0.230 e. The number of hydrogen-bond acceptors (Lipinski definition) is 2. The number of nitrogens with one attached hydrogen (secondary N) is 1. The summed E-state index contributed by atoms with van der Waals surface area (Å²) in [5.41, 5.74) is 0.954. The zero-order valence-electron chi connectivity index (χ0n) is 14.1. The third-order valence-electron chi connectivity index (χ3n) is 4.97. The fraction of sp³-hybridized carbons (Fsp3) is 0.400. The van der Waals surface area contributed by atoms with Crippen LogP contribution >= 0.6 is 0 Å². The molecule has 24 heavy (non-hydrogen) atoms. The lowest BCUT2D eigenvalue weighted by molar-refractivity contribution is -0.123. The minimum absolute atomic E-state index is 0.0675. The number of rotatable bonds is 6. The van der Waals surface area contributed by atoms with E-state index in [0.29, 0.717) is 30.9 Å². The minimum Gasteiger partial charge on any atom is -0.355 e. The highest BCUT2D eigenvalue weighted by atomic mass is 19.1. The van der Waals surface area contributed by atoms with Crippen LogP contribution in [0.1, 0.15) is 43.7 Å². The first kappa shape index (κ1) is 16.6. The third kappa shape index (κ3) is 3.18. The van der Waals surface area contributed by atoms with E-state index in [2.05, 4.69) is 24.1 Å². The average molecular weight is 326 g/mol. The van der Waals surface area contributed by atoms with Crippen molar-refractivity contribution in [3.8, 4) is 0 Å². The largest absolute Gasteiger partial charge is 0.355 e. The molecule has 0 spiro atoms. The van der Waals surface area contributed by atoms with Crippen LogP contribution in [0.3, 0.4) is 0 Å². The number of amides is 1. The van der Waals surface area contributed by atoms with E-state index >= 15 is 0 Å². The van der Waals surface area contributed by atoms with E-state index in [0.717, 1.165) is 5.56 Å². The van der Waals surface area contributed by atoms with Crippen LogP contribution in [0.15, 0.2) is 48.8 Å². The van der Waals surface area contributed by atoms with Gasteiger partial charge >= 0.3 is 0 Å². The summed E-state index contributed by atoms with van der Waals surface area (Å²) in [6.07, 6.45) is 5.01. The van der Waals surface area contributed by atoms with Gasteiger partial charge in [-0.05, 0) is 36.5 Å². The molecular formula is C20H23FN2O.